The molecule has 0 bridgehead atoms. The third kappa shape index (κ3) is 5.20. The van der Waals surface area contributed by atoms with Crippen molar-refractivity contribution in [3.05, 3.63) is 95.6 Å². The van der Waals surface area contributed by atoms with Gasteiger partial charge in [-0.25, -0.2) is 4.79 Å². The SMILES string of the molecule is CCc1ccc(C(=O)COC(=O)C(Cc2c[nH]c3ccccc23)NC(=O)c2ccco2)cc1. The van der Waals surface area contributed by atoms with Crippen molar-refractivity contribution in [2.75, 3.05) is 6.61 Å². The zero-order valence-corrected chi connectivity index (χ0v) is 18.2. The van der Waals surface area contributed by atoms with Crippen LogP contribution in [0.4, 0.5) is 0 Å². The minimum absolute atomic E-state index is 0.0822. The predicted octanol–water partition coefficient (Wildman–Crippen LogP) is 4.09. The highest BCUT2D eigenvalue weighted by molar-refractivity contribution is 5.99. The number of amides is 1. The molecule has 1 atom stereocenters. The van der Waals surface area contributed by atoms with Gasteiger partial charge in [0.05, 0.1) is 6.26 Å². The molecule has 0 aliphatic carbocycles. The van der Waals surface area contributed by atoms with Crippen molar-refractivity contribution in [3.63, 3.8) is 0 Å². The number of para-hydroxylation sites is 1. The van der Waals surface area contributed by atoms with E-state index >= 15 is 0 Å². The van der Waals surface area contributed by atoms with Crippen LogP contribution in [0, 0.1) is 0 Å². The maximum atomic E-state index is 12.9. The van der Waals surface area contributed by atoms with Gasteiger partial charge in [0.2, 0.25) is 0 Å². The van der Waals surface area contributed by atoms with Gasteiger partial charge in [0.15, 0.2) is 18.2 Å². The van der Waals surface area contributed by atoms with Crippen LogP contribution in [0.5, 0.6) is 0 Å². The summed E-state index contributed by atoms with van der Waals surface area (Å²) in [4.78, 5) is 41.1. The number of carbonyl (C=O) groups is 3. The summed E-state index contributed by atoms with van der Waals surface area (Å²) in [5.74, 6) is -1.46. The summed E-state index contributed by atoms with van der Waals surface area (Å²) in [7, 11) is 0. The summed E-state index contributed by atoms with van der Waals surface area (Å²) >= 11 is 0. The Morgan fingerprint density at radius 1 is 1.03 bits per heavy atom. The van der Waals surface area contributed by atoms with Crippen LogP contribution < -0.4 is 5.32 Å². The summed E-state index contributed by atoms with van der Waals surface area (Å²) in [6.45, 7) is 1.62. The second-order valence-corrected chi connectivity index (χ2v) is 7.65. The number of benzene rings is 2. The van der Waals surface area contributed by atoms with Crippen molar-refractivity contribution in [2.45, 2.75) is 25.8 Å². The first-order valence-electron chi connectivity index (χ1n) is 10.7. The van der Waals surface area contributed by atoms with Crippen LogP contribution in [0.2, 0.25) is 0 Å². The van der Waals surface area contributed by atoms with E-state index in [4.69, 9.17) is 9.15 Å². The Hall–Kier alpha value is -4.13. The lowest BCUT2D eigenvalue weighted by Gasteiger charge is -2.17. The number of hydrogen-bond donors (Lipinski definition) is 2. The summed E-state index contributed by atoms with van der Waals surface area (Å²) in [5.41, 5.74) is 3.34. The Bertz CT molecular complexity index is 1260. The lowest BCUT2D eigenvalue weighted by Crippen LogP contribution is -2.43. The molecular weight excluding hydrogens is 420 g/mol. The fourth-order valence-electron chi connectivity index (χ4n) is 3.60. The monoisotopic (exact) mass is 444 g/mol. The van der Waals surface area contributed by atoms with Crippen molar-refractivity contribution < 1.29 is 23.5 Å². The molecule has 2 aromatic carbocycles. The van der Waals surface area contributed by atoms with E-state index in [9.17, 15) is 14.4 Å². The van der Waals surface area contributed by atoms with Crippen LogP contribution in [0.1, 0.15) is 39.0 Å². The van der Waals surface area contributed by atoms with Crippen LogP contribution in [-0.2, 0) is 22.4 Å². The summed E-state index contributed by atoms with van der Waals surface area (Å²) in [6.07, 6.45) is 4.23. The maximum absolute atomic E-state index is 12.9. The lowest BCUT2D eigenvalue weighted by molar-refractivity contribution is -0.144. The van der Waals surface area contributed by atoms with Gasteiger partial charge in [0.25, 0.3) is 5.91 Å². The molecule has 7 nitrogen and oxygen atoms in total. The number of aryl methyl sites for hydroxylation is 1. The molecule has 2 aromatic heterocycles. The second-order valence-electron chi connectivity index (χ2n) is 7.65. The standard InChI is InChI=1S/C26H24N2O5/c1-2-17-9-11-18(12-10-17)23(29)16-33-26(31)22(28-25(30)24-8-5-13-32-24)14-19-15-27-21-7-4-3-6-20(19)21/h3-13,15,22,27H,2,14,16H2,1H3,(H,28,30). The molecular formula is C26H24N2O5. The molecule has 0 spiro atoms. The number of esters is 1. The quantitative estimate of drug-likeness (QED) is 0.299. The van der Waals surface area contributed by atoms with Crippen LogP contribution in [0.25, 0.3) is 10.9 Å². The molecule has 7 heteroatoms. The number of Topliss-reactive ketones (excluding diaryl/α,β-unsaturated/α-hetero) is 1. The van der Waals surface area contributed by atoms with Crippen LogP contribution in [0.3, 0.4) is 0 Å². The van der Waals surface area contributed by atoms with Gasteiger partial charge in [-0.1, -0.05) is 49.4 Å². The first kappa shape index (κ1) is 22.1. The lowest BCUT2D eigenvalue weighted by atomic mass is 10.0. The highest BCUT2D eigenvalue weighted by Gasteiger charge is 2.26. The number of aromatic nitrogens is 1. The third-order valence-electron chi connectivity index (χ3n) is 5.46. The Morgan fingerprint density at radius 3 is 2.55 bits per heavy atom. The highest BCUT2D eigenvalue weighted by atomic mass is 16.5. The topological polar surface area (TPSA) is 101 Å². The minimum Gasteiger partial charge on any atom is -0.459 e. The molecule has 0 saturated heterocycles. The van der Waals surface area contributed by atoms with E-state index in [1.165, 1.54) is 12.3 Å². The van der Waals surface area contributed by atoms with E-state index in [1.54, 1.807) is 24.4 Å². The molecule has 2 heterocycles. The van der Waals surface area contributed by atoms with Gasteiger partial charge in [-0.3, -0.25) is 9.59 Å². The van der Waals surface area contributed by atoms with Gasteiger partial charge in [0.1, 0.15) is 6.04 Å². The fourth-order valence-corrected chi connectivity index (χ4v) is 3.60. The Labute approximate surface area is 190 Å². The molecule has 0 radical (unpaired) electrons. The number of furan rings is 1. The number of rotatable bonds is 9. The van der Waals surface area contributed by atoms with Crippen molar-refractivity contribution >= 4 is 28.6 Å². The number of nitrogens with one attached hydrogen (secondary N) is 2. The molecule has 33 heavy (non-hydrogen) atoms. The van der Waals surface area contributed by atoms with Crippen molar-refractivity contribution in [1.82, 2.24) is 10.3 Å². The smallest absolute Gasteiger partial charge is 0.329 e. The third-order valence-corrected chi connectivity index (χ3v) is 5.46. The van der Waals surface area contributed by atoms with Gasteiger partial charge in [0, 0.05) is 29.1 Å². The zero-order valence-electron chi connectivity index (χ0n) is 18.2. The molecule has 2 N–H and O–H groups in total. The molecule has 1 unspecified atom stereocenters. The van der Waals surface area contributed by atoms with Gasteiger partial charge < -0.3 is 19.5 Å². The van der Waals surface area contributed by atoms with E-state index in [1.807, 2.05) is 43.3 Å². The summed E-state index contributed by atoms with van der Waals surface area (Å²) < 4.78 is 10.4. The highest BCUT2D eigenvalue weighted by Crippen LogP contribution is 2.20. The first-order chi connectivity index (χ1) is 16.0. The average molecular weight is 444 g/mol. The Morgan fingerprint density at radius 2 is 1.82 bits per heavy atom. The Kier molecular flexibility index (Phi) is 6.69. The molecule has 168 valence electrons. The minimum atomic E-state index is -1.00. The first-order valence-corrected chi connectivity index (χ1v) is 10.7. The van der Waals surface area contributed by atoms with Gasteiger partial charge >= 0.3 is 5.97 Å². The van der Waals surface area contributed by atoms with Crippen LogP contribution >= 0.6 is 0 Å². The van der Waals surface area contributed by atoms with E-state index in [2.05, 4.69) is 10.3 Å². The predicted molar refractivity (Wildman–Crippen MR) is 123 cm³/mol. The normalized spacial score (nSPS) is 11.8. The second kappa shape index (κ2) is 9.99. The van der Waals surface area contributed by atoms with E-state index in [0.29, 0.717) is 5.56 Å². The van der Waals surface area contributed by atoms with Gasteiger partial charge in [-0.05, 0) is 35.7 Å². The maximum Gasteiger partial charge on any atom is 0.329 e. The van der Waals surface area contributed by atoms with E-state index in [-0.39, 0.29) is 18.0 Å². The molecule has 0 aliphatic rings. The number of H-pyrrole nitrogens is 1. The molecule has 0 aliphatic heterocycles. The molecule has 0 fully saturated rings. The van der Waals surface area contributed by atoms with Gasteiger partial charge in [-0.15, -0.1) is 0 Å². The molecule has 1 amide bonds. The van der Waals surface area contributed by atoms with Gasteiger partial charge in [-0.2, -0.15) is 0 Å². The zero-order chi connectivity index (χ0) is 23.2. The van der Waals surface area contributed by atoms with E-state index in [0.717, 1.165) is 28.5 Å². The summed E-state index contributed by atoms with van der Waals surface area (Å²) in [6, 6.07) is 16.9. The largest absolute Gasteiger partial charge is 0.459 e. The van der Waals surface area contributed by atoms with Crippen molar-refractivity contribution in [3.8, 4) is 0 Å². The fraction of sp³-hybridized carbons (Fsp3) is 0.192. The number of carbonyl (C=O) groups excluding carboxylic acids is 3. The number of fused-ring (bicyclic) bond motifs is 1. The summed E-state index contributed by atoms with van der Waals surface area (Å²) in [5, 5.41) is 3.61. The molecule has 4 rings (SSSR count). The number of aromatic amines is 1. The van der Waals surface area contributed by atoms with Crippen molar-refractivity contribution in [1.29, 1.82) is 0 Å². The van der Waals surface area contributed by atoms with E-state index < -0.39 is 24.5 Å². The Balaban J connectivity index is 1.48. The average Bonchev–Trinajstić information content (AvgIpc) is 3.53. The molecule has 0 saturated carbocycles. The molecule has 4 aromatic rings. The van der Waals surface area contributed by atoms with Crippen LogP contribution in [0.15, 0.2) is 77.5 Å². The number of ether oxygens (including phenoxy) is 1. The number of hydrogen-bond acceptors (Lipinski definition) is 5. The van der Waals surface area contributed by atoms with Crippen molar-refractivity contribution in [2.24, 2.45) is 0 Å². The van der Waals surface area contributed by atoms with Crippen LogP contribution in [-0.4, -0.2) is 35.3 Å². The number of ketones is 1.